The molecule has 6 N–H and O–H groups in total. The van der Waals surface area contributed by atoms with Crippen molar-refractivity contribution in [3.8, 4) is 0 Å². The lowest BCUT2D eigenvalue weighted by molar-refractivity contribution is -0.144. The number of amides is 3. The van der Waals surface area contributed by atoms with Gasteiger partial charge in [-0.2, -0.15) is 0 Å². The molecule has 2 atom stereocenters. The Balaban J connectivity index is 2.25. The van der Waals surface area contributed by atoms with E-state index in [1.165, 1.54) is 24.0 Å². The number of aliphatic carboxylic acids is 5. The minimum atomic E-state index is -1.34. The van der Waals surface area contributed by atoms with Crippen LogP contribution in [0.1, 0.15) is 18.9 Å². The standard InChI is InChI=1S/C29H37N5O13/c1-18(32(14-26(40)41)15-27(42)43)11-31(13-25(38)39)12-21(33(16-28(44)45)17-29(46)47)10-19-2-4-20(5-3-19)30-22(35)8-9-34-23(36)6-7-24(34)37/h2-7,18,21H,8-17H2,1H3,(H,30,35)(H,38,39)(H,40,41)(H,42,43)(H,44,45)(H,46,47)/t18-,21-/m0/s1. The van der Waals surface area contributed by atoms with Crippen LogP contribution in [0.4, 0.5) is 5.69 Å². The van der Waals surface area contributed by atoms with E-state index in [1.54, 1.807) is 12.1 Å². The van der Waals surface area contributed by atoms with Crippen molar-refractivity contribution < 1.29 is 63.9 Å². The number of benzene rings is 1. The van der Waals surface area contributed by atoms with E-state index in [4.69, 9.17) is 0 Å². The van der Waals surface area contributed by atoms with Crippen LogP contribution in [-0.2, 0) is 44.8 Å². The van der Waals surface area contributed by atoms with Gasteiger partial charge in [0.25, 0.3) is 11.8 Å². The Hall–Kier alpha value is -5.20. The highest BCUT2D eigenvalue weighted by molar-refractivity contribution is 6.13. The molecule has 18 nitrogen and oxygen atoms in total. The molecule has 1 aliphatic rings. The molecule has 47 heavy (non-hydrogen) atoms. The van der Waals surface area contributed by atoms with Gasteiger partial charge in [0.05, 0.1) is 32.7 Å². The highest BCUT2D eigenvalue weighted by Gasteiger charge is 2.29. The number of hydrogen-bond donors (Lipinski definition) is 6. The maximum atomic E-state index is 12.4. The average Bonchev–Trinajstić information content (AvgIpc) is 3.26. The molecular weight excluding hydrogens is 626 g/mol. The molecule has 0 aliphatic carbocycles. The summed E-state index contributed by atoms with van der Waals surface area (Å²) in [4.78, 5) is 97.9. The summed E-state index contributed by atoms with van der Waals surface area (Å²) >= 11 is 0. The molecule has 0 bridgehead atoms. The fourth-order valence-electron chi connectivity index (χ4n) is 4.95. The lowest BCUT2D eigenvalue weighted by atomic mass is 10.0. The maximum Gasteiger partial charge on any atom is 0.317 e. The summed E-state index contributed by atoms with van der Waals surface area (Å²) in [7, 11) is 0. The minimum absolute atomic E-state index is 0.0272. The average molecular weight is 664 g/mol. The van der Waals surface area contributed by atoms with E-state index < -0.39 is 92.4 Å². The molecule has 0 unspecified atom stereocenters. The van der Waals surface area contributed by atoms with Crippen molar-refractivity contribution in [2.75, 3.05) is 57.7 Å². The number of carboxylic acid groups (broad SMARTS) is 5. The van der Waals surface area contributed by atoms with Crippen LogP contribution in [0.15, 0.2) is 36.4 Å². The summed E-state index contributed by atoms with van der Waals surface area (Å²) < 4.78 is 0. The van der Waals surface area contributed by atoms with Crippen molar-refractivity contribution in [1.82, 2.24) is 19.6 Å². The zero-order valence-corrected chi connectivity index (χ0v) is 25.5. The van der Waals surface area contributed by atoms with Crippen molar-refractivity contribution in [2.45, 2.75) is 31.8 Å². The first-order valence-corrected chi connectivity index (χ1v) is 14.3. The van der Waals surface area contributed by atoms with Crippen LogP contribution >= 0.6 is 0 Å². The number of carboxylic acids is 5. The van der Waals surface area contributed by atoms with E-state index in [0.717, 1.165) is 26.9 Å². The van der Waals surface area contributed by atoms with Gasteiger partial charge in [-0.05, 0) is 31.0 Å². The van der Waals surface area contributed by atoms with Gasteiger partial charge < -0.3 is 30.8 Å². The van der Waals surface area contributed by atoms with Gasteiger partial charge in [0.2, 0.25) is 5.91 Å². The van der Waals surface area contributed by atoms with Crippen molar-refractivity contribution in [2.24, 2.45) is 0 Å². The number of rotatable bonds is 22. The molecule has 18 heteroatoms. The fraction of sp³-hybridized carbons (Fsp3) is 0.448. The summed E-state index contributed by atoms with van der Waals surface area (Å²) in [6, 6.07) is 4.56. The summed E-state index contributed by atoms with van der Waals surface area (Å²) in [5, 5.41) is 49.6. The van der Waals surface area contributed by atoms with Crippen LogP contribution in [0.25, 0.3) is 0 Å². The van der Waals surface area contributed by atoms with Crippen molar-refractivity contribution in [1.29, 1.82) is 0 Å². The van der Waals surface area contributed by atoms with Crippen molar-refractivity contribution in [3.05, 3.63) is 42.0 Å². The number of carbonyl (C=O) groups excluding carboxylic acids is 3. The van der Waals surface area contributed by atoms with Gasteiger partial charge in [-0.15, -0.1) is 0 Å². The molecule has 3 amide bonds. The lowest BCUT2D eigenvalue weighted by Crippen LogP contribution is -2.53. The Morgan fingerprint density at radius 3 is 1.64 bits per heavy atom. The summed E-state index contributed by atoms with van der Waals surface area (Å²) in [5.41, 5.74) is 0.925. The monoisotopic (exact) mass is 663 g/mol. The highest BCUT2D eigenvalue weighted by atomic mass is 16.4. The molecule has 2 rings (SSSR count). The summed E-state index contributed by atoms with van der Waals surface area (Å²) in [6.07, 6.45) is 2.08. The van der Waals surface area contributed by atoms with Gasteiger partial charge in [-0.1, -0.05) is 12.1 Å². The Kier molecular flexibility index (Phi) is 14.6. The third-order valence-electron chi connectivity index (χ3n) is 7.02. The molecule has 1 aromatic rings. The first-order valence-electron chi connectivity index (χ1n) is 14.3. The number of nitrogens with zero attached hydrogens (tertiary/aromatic N) is 4. The highest BCUT2D eigenvalue weighted by Crippen LogP contribution is 2.16. The van der Waals surface area contributed by atoms with Crippen LogP contribution < -0.4 is 5.32 Å². The Morgan fingerprint density at radius 2 is 1.17 bits per heavy atom. The molecule has 0 aromatic heterocycles. The van der Waals surface area contributed by atoms with Gasteiger partial charge in [0.15, 0.2) is 0 Å². The van der Waals surface area contributed by atoms with Gasteiger partial charge in [0.1, 0.15) is 0 Å². The van der Waals surface area contributed by atoms with E-state index in [0.29, 0.717) is 11.3 Å². The van der Waals surface area contributed by atoms with Crippen LogP contribution in [0.3, 0.4) is 0 Å². The number of nitrogens with one attached hydrogen (secondary N) is 1. The molecule has 256 valence electrons. The Labute approximate surface area is 268 Å². The number of carbonyl (C=O) groups is 8. The second-order valence-electron chi connectivity index (χ2n) is 10.8. The van der Waals surface area contributed by atoms with E-state index in [2.05, 4.69) is 5.32 Å². The molecule has 1 heterocycles. The van der Waals surface area contributed by atoms with Crippen LogP contribution in [0, 0.1) is 0 Å². The second kappa shape index (κ2) is 18.1. The predicted octanol–water partition coefficient (Wildman–Crippen LogP) is -1.43. The number of hydrogen-bond acceptors (Lipinski definition) is 11. The van der Waals surface area contributed by atoms with E-state index >= 15 is 0 Å². The SMILES string of the molecule is C[C@@H](CN(CC(=O)O)C[C@H](Cc1ccc(NC(=O)CCN2C(=O)C=CC2=O)cc1)N(CC(=O)O)CC(=O)O)N(CC(=O)O)CC(=O)O. The molecule has 1 aromatic carbocycles. The van der Waals surface area contributed by atoms with E-state index in [9.17, 15) is 63.9 Å². The minimum Gasteiger partial charge on any atom is -0.480 e. The normalized spacial score (nSPS) is 14.1. The Morgan fingerprint density at radius 1 is 0.702 bits per heavy atom. The maximum absolute atomic E-state index is 12.4. The van der Waals surface area contributed by atoms with Gasteiger partial charge in [-0.3, -0.25) is 58.0 Å². The second-order valence-corrected chi connectivity index (χ2v) is 10.8. The van der Waals surface area contributed by atoms with E-state index in [-0.39, 0.29) is 32.5 Å². The van der Waals surface area contributed by atoms with Crippen LogP contribution in [-0.4, -0.2) is 157 Å². The topological polar surface area (TPSA) is 263 Å². The van der Waals surface area contributed by atoms with E-state index in [1.807, 2.05) is 0 Å². The lowest BCUT2D eigenvalue weighted by Gasteiger charge is -2.36. The number of anilines is 1. The van der Waals surface area contributed by atoms with Crippen LogP contribution in [0.5, 0.6) is 0 Å². The first-order chi connectivity index (χ1) is 22.0. The molecular formula is C29H37N5O13. The molecule has 0 saturated heterocycles. The largest absolute Gasteiger partial charge is 0.480 e. The molecule has 0 fully saturated rings. The van der Waals surface area contributed by atoms with Crippen molar-refractivity contribution >= 4 is 53.3 Å². The predicted molar refractivity (Wildman–Crippen MR) is 160 cm³/mol. The zero-order valence-electron chi connectivity index (χ0n) is 25.5. The third-order valence-corrected chi connectivity index (χ3v) is 7.02. The summed E-state index contributed by atoms with van der Waals surface area (Å²) in [6.45, 7) is -2.24. The molecule has 1 aliphatic heterocycles. The van der Waals surface area contributed by atoms with Gasteiger partial charge in [0, 0.05) is 56.0 Å². The Bertz CT molecular complexity index is 1330. The third kappa shape index (κ3) is 13.8. The quantitative estimate of drug-likeness (QED) is 0.0777. The number of imide groups is 1. The van der Waals surface area contributed by atoms with Crippen molar-refractivity contribution in [3.63, 3.8) is 0 Å². The van der Waals surface area contributed by atoms with Gasteiger partial charge >= 0.3 is 29.8 Å². The van der Waals surface area contributed by atoms with Crippen LogP contribution in [0.2, 0.25) is 0 Å². The zero-order chi connectivity index (χ0) is 35.3. The smallest absolute Gasteiger partial charge is 0.317 e. The molecule has 0 spiro atoms. The molecule has 0 radical (unpaired) electrons. The first kappa shape index (κ1) is 38.0. The summed E-state index contributed by atoms with van der Waals surface area (Å²) in [5.74, 6) is -8.07. The fourth-order valence-corrected chi connectivity index (χ4v) is 4.95. The van der Waals surface area contributed by atoms with Gasteiger partial charge in [-0.25, -0.2) is 0 Å². The molecule has 0 saturated carbocycles.